The van der Waals surface area contributed by atoms with Crippen molar-refractivity contribution in [2.24, 2.45) is 0 Å². The third kappa shape index (κ3) is 13.1. The average Bonchev–Trinajstić information content (AvgIpc) is 2.21. The molecular formula is C13H19N. The van der Waals surface area contributed by atoms with Crippen LogP contribution >= 0.6 is 0 Å². The van der Waals surface area contributed by atoms with Crippen molar-refractivity contribution in [1.29, 1.82) is 5.41 Å². The van der Waals surface area contributed by atoms with Gasteiger partial charge in [0.1, 0.15) is 0 Å². The fourth-order valence-corrected chi connectivity index (χ4v) is 0.714. The minimum Gasteiger partial charge on any atom is -0.313 e. The van der Waals surface area contributed by atoms with Crippen LogP contribution in [0.3, 0.4) is 0 Å². The van der Waals surface area contributed by atoms with Crippen molar-refractivity contribution in [2.45, 2.75) is 27.2 Å². The smallest absolute Gasteiger partial charge is 0.00297 e. The maximum absolute atomic E-state index is 6.08. The van der Waals surface area contributed by atoms with Gasteiger partial charge in [0.2, 0.25) is 0 Å². The molecular weight excluding hydrogens is 170 g/mol. The van der Waals surface area contributed by atoms with Gasteiger partial charge in [-0.3, -0.25) is 0 Å². The molecule has 0 fully saturated rings. The van der Waals surface area contributed by atoms with Crippen LogP contribution in [-0.2, 0) is 6.42 Å². The minimum absolute atomic E-state index is 1.14. The third-order valence-electron chi connectivity index (χ3n) is 1.25. The molecule has 0 unspecified atom stereocenters. The third-order valence-corrected chi connectivity index (χ3v) is 1.25. The molecule has 0 radical (unpaired) electrons. The highest BCUT2D eigenvalue weighted by molar-refractivity contribution is 5.48. The summed E-state index contributed by atoms with van der Waals surface area (Å²) < 4.78 is 0. The van der Waals surface area contributed by atoms with Crippen molar-refractivity contribution in [3.05, 3.63) is 35.9 Å². The van der Waals surface area contributed by atoms with Crippen LogP contribution in [-0.4, -0.2) is 6.21 Å². The Morgan fingerprint density at radius 3 is 1.93 bits per heavy atom. The summed E-state index contributed by atoms with van der Waals surface area (Å²) in [7, 11) is 0. The van der Waals surface area contributed by atoms with Gasteiger partial charge in [0, 0.05) is 0 Å². The summed E-state index contributed by atoms with van der Waals surface area (Å²) in [5, 5.41) is 6.08. The second kappa shape index (κ2) is 14.0. The molecule has 0 amide bonds. The quantitative estimate of drug-likeness (QED) is 0.516. The molecule has 1 aromatic rings. The van der Waals surface area contributed by atoms with Gasteiger partial charge in [-0.15, -0.1) is 12.3 Å². The molecule has 1 aromatic carbocycles. The predicted molar refractivity (Wildman–Crippen MR) is 64.8 cm³/mol. The molecule has 0 aliphatic carbocycles. The van der Waals surface area contributed by atoms with E-state index in [9.17, 15) is 0 Å². The molecule has 1 N–H and O–H groups in total. The highest BCUT2D eigenvalue weighted by Gasteiger charge is 1.79. The molecule has 0 atom stereocenters. The molecule has 14 heavy (non-hydrogen) atoms. The number of nitrogens with one attached hydrogen (secondary N) is 1. The first-order chi connectivity index (χ1) is 6.76. The lowest BCUT2D eigenvalue weighted by Crippen LogP contribution is -1.73. The highest BCUT2D eigenvalue weighted by atomic mass is 14.3. The molecule has 0 heterocycles. The van der Waals surface area contributed by atoms with Crippen LogP contribution in [0, 0.1) is 17.8 Å². The number of hydrogen-bond acceptors (Lipinski definition) is 1. The fraction of sp³-hybridized carbons (Fsp3) is 0.308. The van der Waals surface area contributed by atoms with Crippen molar-refractivity contribution >= 4 is 6.21 Å². The molecule has 0 aliphatic rings. The Bertz CT molecular complexity index is 244. The van der Waals surface area contributed by atoms with Gasteiger partial charge in [-0.05, 0) is 32.0 Å². The van der Waals surface area contributed by atoms with E-state index in [-0.39, 0.29) is 0 Å². The highest BCUT2D eigenvalue weighted by Crippen LogP contribution is 1.96. The van der Waals surface area contributed by atoms with Crippen molar-refractivity contribution in [2.75, 3.05) is 0 Å². The number of benzene rings is 1. The van der Waals surface area contributed by atoms with E-state index in [4.69, 9.17) is 5.41 Å². The second-order valence-corrected chi connectivity index (χ2v) is 2.42. The van der Waals surface area contributed by atoms with Crippen LogP contribution in [0.25, 0.3) is 0 Å². The van der Waals surface area contributed by atoms with Gasteiger partial charge in [-0.1, -0.05) is 37.3 Å². The Kier molecular flexibility index (Phi) is 14.9. The van der Waals surface area contributed by atoms with E-state index in [0.717, 1.165) is 6.42 Å². The van der Waals surface area contributed by atoms with Crippen LogP contribution in [0.15, 0.2) is 30.3 Å². The molecule has 0 spiro atoms. The predicted octanol–water partition coefficient (Wildman–Crippen LogP) is 3.54. The molecule has 0 saturated carbocycles. The lowest BCUT2D eigenvalue weighted by Gasteiger charge is -1.89. The monoisotopic (exact) mass is 189 g/mol. The van der Waals surface area contributed by atoms with E-state index < -0.39 is 0 Å². The molecule has 0 bridgehead atoms. The van der Waals surface area contributed by atoms with E-state index in [1.807, 2.05) is 6.07 Å². The van der Waals surface area contributed by atoms with Gasteiger partial charge >= 0.3 is 0 Å². The van der Waals surface area contributed by atoms with E-state index in [1.54, 1.807) is 13.8 Å². The summed E-state index contributed by atoms with van der Waals surface area (Å²) in [6.45, 7) is 5.48. The van der Waals surface area contributed by atoms with E-state index in [0.29, 0.717) is 0 Å². The van der Waals surface area contributed by atoms with Crippen LogP contribution in [0.4, 0.5) is 0 Å². The zero-order valence-electron chi connectivity index (χ0n) is 9.25. The summed E-state index contributed by atoms with van der Waals surface area (Å²) >= 11 is 0. The summed E-state index contributed by atoms with van der Waals surface area (Å²) in [5.74, 6) is 2.25. The van der Waals surface area contributed by atoms with Crippen molar-refractivity contribution in [3.63, 3.8) is 0 Å². The topological polar surface area (TPSA) is 23.9 Å². The minimum atomic E-state index is 1.14. The molecule has 0 aromatic heterocycles. The molecule has 0 saturated heterocycles. The molecule has 1 heteroatoms. The normalized spacial score (nSPS) is 6.71. The zero-order chi connectivity index (χ0) is 11.2. The maximum atomic E-state index is 6.08. The summed E-state index contributed by atoms with van der Waals surface area (Å²) in [6.07, 6.45) is 6.99. The van der Waals surface area contributed by atoms with Gasteiger partial charge in [-0.2, -0.15) is 0 Å². The fourth-order valence-electron chi connectivity index (χ4n) is 0.714. The largest absolute Gasteiger partial charge is 0.313 e. The lowest BCUT2D eigenvalue weighted by atomic mass is 10.2. The van der Waals surface area contributed by atoms with Gasteiger partial charge in [0.25, 0.3) is 0 Å². The molecule has 0 aliphatic heterocycles. The molecule has 1 nitrogen and oxygen atoms in total. The first kappa shape index (κ1) is 14.9. The summed E-state index contributed by atoms with van der Waals surface area (Å²) in [6, 6.07) is 10.5. The van der Waals surface area contributed by atoms with E-state index in [1.165, 1.54) is 11.8 Å². The Morgan fingerprint density at radius 2 is 1.71 bits per heavy atom. The van der Waals surface area contributed by atoms with Crippen LogP contribution in [0.2, 0.25) is 0 Å². The second-order valence-electron chi connectivity index (χ2n) is 2.42. The maximum Gasteiger partial charge on any atom is -0.00297 e. The summed E-state index contributed by atoms with van der Waals surface area (Å²) in [5.41, 5.74) is 1.41. The van der Waals surface area contributed by atoms with Crippen LogP contribution in [0.1, 0.15) is 26.3 Å². The van der Waals surface area contributed by atoms with E-state index in [2.05, 4.69) is 43.5 Å². The standard InChI is InChI=1S/C8H10.C3H4.C2H5N/c1-2-8-6-4-3-5-7-8;1-3-2;1-2-3/h3-7H,2H2,1H3;1H,2H3;2-3H,1H3. The van der Waals surface area contributed by atoms with Gasteiger partial charge in [-0.25, -0.2) is 0 Å². The van der Waals surface area contributed by atoms with Gasteiger partial charge in [0.15, 0.2) is 0 Å². The Balaban J connectivity index is 0. The summed E-state index contributed by atoms with van der Waals surface area (Å²) in [4.78, 5) is 0. The van der Waals surface area contributed by atoms with Crippen LogP contribution < -0.4 is 0 Å². The SMILES string of the molecule is C#CC.CC=N.CCc1ccccc1. The molecule has 1 rings (SSSR count). The molecule has 76 valence electrons. The first-order valence-corrected chi connectivity index (χ1v) is 4.63. The van der Waals surface area contributed by atoms with Crippen molar-refractivity contribution in [3.8, 4) is 12.3 Å². The Labute approximate surface area is 87.7 Å². The van der Waals surface area contributed by atoms with Crippen LogP contribution in [0.5, 0.6) is 0 Å². The van der Waals surface area contributed by atoms with Crippen molar-refractivity contribution in [1.82, 2.24) is 0 Å². The Hall–Kier alpha value is -1.55. The van der Waals surface area contributed by atoms with Gasteiger partial charge < -0.3 is 5.41 Å². The van der Waals surface area contributed by atoms with Crippen molar-refractivity contribution < 1.29 is 0 Å². The Morgan fingerprint density at radius 1 is 1.36 bits per heavy atom. The lowest BCUT2D eigenvalue weighted by molar-refractivity contribution is 1.14. The number of aryl methyl sites for hydroxylation is 1. The number of terminal acetylenes is 1. The number of hydrogen-bond donors (Lipinski definition) is 1. The number of rotatable bonds is 1. The zero-order valence-corrected chi connectivity index (χ0v) is 9.25. The van der Waals surface area contributed by atoms with E-state index >= 15 is 0 Å². The average molecular weight is 189 g/mol. The first-order valence-electron chi connectivity index (χ1n) is 4.63. The van der Waals surface area contributed by atoms with Gasteiger partial charge in [0.05, 0.1) is 0 Å².